The fraction of sp³-hybridized carbons (Fsp3) is 0.385. The average molecular weight is 523 g/mol. The second kappa shape index (κ2) is 9.21. The Morgan fingerprint density at radius 3 is 2.71 bits per heavy atom. The molecule has 0 spiro atoms. The van der Waals surface area contributed by atoms with Crippen LogP contribution < -0.4 is 10.5 Å². The SMILES string of the molecule is CC[C@@]1(OC(C)=O)C(=O)OCc2c1cc1n(c2=O)Cc2c-1nc1ccc([N+](=O)[O-])cc1c2N(C)CCOC. The van der Waals surface area contributed by atoms with E-state index in [1.165, 1.54) is 19.1 Å². The molecule has 1 aromatic carbocycles. The molecule has 1 atom stereocenters. The molecule has 0 N–H and O–H groups in total. The number of nitrogens with zero attached hydrogens (tertiary/aromatic N) is 4. The van der Waals surface area contributed by atoms with E-state index in [4.69, 9.17) is 19.2 Å². The molecule has 0 saturated heterocycles. The zero-order valence-electron chi connectivity index (χ0n) is 21.4. The third-order valence-corrected chi connectivity index (χ3v) is 7.15. The Morgan fingerprint density at radius 1 is 1.29 bits per heavy atom. The Kier molecular flexibility index (Phi) is 6.14. The zero-order valence-corrected chi connectivity index (χ0v) is 21.4. The van der Waals surface area contributed by atoms with Crippen LogP contribution in [0.15, 0.2) is 29.1 Å². The predicted octanol–water partition coefficient (Wildman–Crippen LogP) is 2.64. The number of pyridine rings is 2. The van der Waals surface area contributed by atoms with E-state index in [0.29, 0.717) is 46.7 Å². The van der Waals surface area contributed by atoms with Crippen molar-refractivity contribution in [3.8, 4) is 11.4 Å². The number of carbonyl (C=O) groups excluding carboxylic acids is 2. The molecule has 0 unspecified atom stereocenters. The van der Waals surface area contributed by atoms with Gasteiger partial charge in [0, 0.05) is 56.3 Å². The molecular weight excluding hydrogens is 496 g/mol. The summed E-state index contributed by atoms with van der Waals surface area (Å²) in [5, 5.41) is 12.1. The predicted molar refractivity (Wildman–Crippen MR) is 136 cm³/mol. The summed E-state index contributed by atoms with van der Waals surface area (Å²) in [6.45, 7) is 3.69. The number of aromatic nitrogens is 2. The van der Waals surface area contributed by atoms with Crippen molar-refractivity contribution in [2.24, 2.45) is 0 Å². The third kappa shape index (κ3) is 3.71. The van der Waals surface area contributed by atoms with Crippen LogP contribution in [0.4, 0.5) is 11.4 Å². The maximum absolute atomic E-state index is 13.7. The molecule has 5 rings (SSSR count). The largest absolute Gasteiger partial charge is 0.457 e. The Labute approximate surface area is 216 Å². The number of ether oxygens (including phenoxy) is 3. The van der Waals surface area contributed by atoms with Gasteiger partial charge in [0.05, 0.1) is 46.2 Å². The number of methoxy groups -OCH3 is 1. The summed E-state index contributed by atoms with van der Waals surface area (Å²) in [6.07, 6.45) is 0.0774. The maximum atomic E-state index is 13.7. The first kappa shape index (κ1) is 25.3. The van der Waals surface area contributed by atoms with Gasteiger partial charge in [-0.15, -0.1) is 0 Å². The van der Waals surface area contributed by atoms with Crippen LogP contribution in [-0.2, 0) is 42.6 Å². The van der Waals surface area contributed by atoms with Crippen LogP contribution in [0.2, 0.25) is 0 Å². The molecular formula is C26H26N4O8. The highest BCUT2D eigenvalue weighted by atomic mass is 16.6. The van der Waals surface area contributed by atoms with Crippen molar-refractivity contribution in [2.75, 3.05) is 32.2 Å². The lowest BCUT2D eigenvalue weighted by Gasteiger charge is -2.35. The Hall–Kier alpha value is -4.32. The van der Waals surface area contributed by atoms with Crippen LogP contribution in [0.25, 0.3) is 22.3 Å². The number of non-ortho nitro benzene ring substituents is 1. The fourth-order valence-electron chi connectivity index (χ4n) is 5.34. The van der Waals surface area contributed by atoms with Crippen LogP contribution in [0.5, 0.6) is 0 Å². The minimum absolute atomic E-state index is 0.0754. The van der Waals surface area contributed by atoms with Crippen LogP contribution in [0.3, 0.4) is 0 Å². The highest BCUT2D eigenvalue weighted by molar-refractivity contribution is 5.99. The summed E-state index contributed by atoms with van der Waals surface area (Å²) in [6, 6.07) is 6.12. The van der Waals surface area contributed by atoms with Crippen molar-refractivity contribution in [1.82, 2.24) is 9.55 Å². The first-order valence-corrected chi connectivity index (χ1v) is 12.1. The number of fused-ring (bicyclic) bond motifs is 5. The Bertz CT molecular complexity index is 1580. The summed E-state index contributed by atoms with van der Waals surface area (Å²) in [5.74, 6) is -1.41. The number of hydrogen-bond donors (Lipinski definition) is 0. The molecule has 0 saturated carbocycles. The summed E-state index contributed by atoms with van der Waals surface area (Å²) >= 11 is 0. The van der Waals surface area contributed by atoms with Crippen molar-refractivity contribution < 1.29 is 28.7 Å². The van der Waals surface area contributed by atoms with Gasteiger partial charge in [-0.1, -0.05) is 6.92 Å². The molecule has 0 bridgehead atoms. The third-order valence-electron chi connectivity index (χ3n) is 7.15. The van der Waals surface area contributed by atoms with Crippen LogP contribution >= 0.6 is 0 Å². The van der Waals surface area contributed by atoms with Crippen LogP contribution in [0, 0.1) is 10.1 Å². The number of benzene rings is 1. The molecule has 2 aliphatic heterocycles. The molecule has 0 aliphatic carbocycles. The minimum atomic E-state index is -1.74. The quantitative estimate of drug-likeness (QED) is 0.202. The molecule has 2 aromatic heterocycles. The van der Waals surface area contributed by atoms with Crippen LogP contribution in [-0.4, -0.2) is 53.7 Å². The monoisotopic (exact) mass is 522 g/mol. The molecule has 0 fully saturated rings. The van der Waals surface area contributed by atoms with Crippen molar-refractivity contribution in [3.05, 3.63) is 61.4 Å². The van der Waals surface area contributed by atoms with Gasteiger partial charge in [0.15, 0.2) is 0 Å². The van der Waals surface area contributed by atoms with Crippen molar-refractivity contribution in [3.63, 3.8) is 0 Å². The summed E-state index contributed by atoms with van der Waals surface area (Å²) in [4.78, 5) is 56.4. The topological polar surface area (TPSA) is 143 Å². The number of hydrogen-bond acceptors (Lipinski definition) is 10. The number of nitro benzene ring substituents is 1. The number of carbonyl (C=O) groups is 2. The van der Waals surface area contributed by atoms with Gasteiger partial charge in [0.1, 0.15) is 6.61 Å². The number of anilines is 1. The second-order valence-electron chi connectivity index (χ2n) is 9.32. The van der Waals surface area contributed by atoms with Gasteiger partial charge in [-0.05, 0) is 18.6 Å². The molecule has 38 heavy (non-hydrogen) atoms. The number of rotatable bonds is 7. The Balaban J connectivity index is 1.80. The number of esters is 2. The number of nitro groups is 1. The average Bonchev–Trinajstić information content (AvgIpc) is 3.25. The smallest absolute Gasteiger partial charge is 0.355 e. The van der Waals surface area contributed by atoms with E-state index in [2.05, 4.69) is 0 Å². The Morgan fingerprint density at radius 2 is 2.05 bits per heavy atom. The molecule has 3 aromatic rings. The van der Waals surface area contributed by atoms with Gasteiger partial charge in [-0.3, -0.25) is 19.7 Å². The summed E-state index contributed by atoms with van der Waals surface area (Å²) < 4.78 is 17.6. The lowest BCUT2D eigenvalue weighted by molar-refractivity contribution is -0.384. The van der Waals surface area contributed by atoms with Gasteiger partial charge >= 0.3 is 11.9 Å². The molecule has 0 amide bonds. The van der Waals surface area contributed by atoms with E-state index < -0.39 is 22.5 Å². The molecule has 2 aliphatic rings. The highest BCUT2D eigenvalue weighted by Gasteiger charge is 2.50. The van der Waals surface area contributed by atoms with E-state index in [1.54, 1.807) is 30.7 Å². The number of cyclic esters (lactones) is 1. The lowest BCUT2D eigenvalue weighted by Crippen LogP contribution is -2.47. The normalized spacial score (nSPS) is 17.4. The second-order valence-corrected chi connectivity index (χ2v) is 9.32. The van der Waals surface area contributed by atoms with Gasteiger partial charge in [-0.2, -0.15) is 0 Å². The standard InChI is InChI=1S/C26H26N4O8/c1-5-26(38-14(2)31)19-11-21-22-17(12-29(21)24(32)18(19)13-37-25(26)33)23(28(3)8-9-36-4)16-10-15(30(34)35)6-7-20(16)27-22/h6-7,10-11H,5,8-9,12-13H2,1-4H3/t26-/m0/s1. The van der Waals surface area contributed by atoms with Crippen molar-refractivity contribution in [1.29, 1.82) is 0 Å². The molecule has 198 valence electrons. The maximum Gasteiger partial charge on any atom is 0.355 e. The summed E-state index contributed by atoms with van der Waals surface area (Å²) in [7, 11) is 3.43. The highest BCUT2D eigenvalue weighted by Crippen LogP contribution is 2.44. The van der Waals surface area contributed by atoms with E-state index in [9.17, 15) is 24.5 Å². The molecule has 0 radical (unpaired) electrons. The minimum Gasteiger partial charge on any atom is -0.457 e. The van der Waals surface area contributed by atoms with Gasteiger partial charge in [0.2, 0.25) is 5.60 Å². The zero-order chi connectivity index (χ0) is 27.4. The van der Waals surface area contributed by atoms with Gasteiger partial charge in [-0.25, -0.2) is 9.78 Å². The van der Waals surface area contributed by atoms with Gasteiger partial charge in [0.25, 0.3) is 11.2 Å². The van der Waals surface area contributed by atoms with E-state index in [0.717, 1.165) is 0 Å². The molecule has 12 nitrogen and oxygen atoms in total. The van der Waals surface area contributed by atoms with E-state index >= 15 is 0 Å². The van der Waals surface area contributed by atoms with E-state index in [-0.39, 0.29) is 41.9 Å². The van der Waals surface area contributed by atoms with Crippen molar-refractivity contribution in [2.45, 2.75) is 39.0 Å². The van der Waals surface area contributed by atoms with Crippen LogP contribution in [0.1, 0.15) is 37.0 Å². The lowest BCUT2D eigenvalue weighted by atomic mass is 9.85. The molecule has 12 heteroatoms. The first-order chi connectivity index (χ1) is 18.1. The van der Waals surface area contributed by atoms with Gasteiger partial charge < -0.3 is 23.7 Å². The fourth-order valence-corrected chi connectivity index (χ4v) is 5.34. The summed E-state index contributed by atoms with van der Waals surface area (Å²) in [5.41, 5.74) is 1.21. The number of likely N-dealkylation sites (N-methyl/N-ethyl adjacent to an activating group) is 1. The van der Waals surface area contributed by atoms with E-state index in [1.807, 2.05) is 11.9 Å². The van der Waals surface area contributed by atoms with Crippen molar-refractivity contribution >= 4 is 34.2 Å². The molecule has 4 heterocycles. The first-order valence-electron chi connectivity index (χ1n) is 12.1.